The van der Waals surface area contributed by atoms with E-state index in [0.717, 1.165) is 25.9 Å². The molecule has 0 unspecified atom stereocenters. The topological polar surface area (TPSA) is 61.4 Å². The summed E-state index contributed by atoms with van der Waals surface area (Å²) in [6.07, 6.45) is 0.987. The van der Waals surface area contributed by atoms with E-state index in [2.05, 4.69) is 17.6 Å². The molecule has 0 saturated heterocycles. The van der Waals surface area contributed by atoms with Crippen molar-refractivity contribution in [3.05, 3.63) is 0 Å². The Morgan fingerprint density at radius 1 is 1.36 bits per heavy atom. The van der Waals surface area contributed by atoms with Gasteiger partial charge in [0.15, 0.2) is 0 Å². The van der Waals surface area contributed by atoms with Crippen LogP contribution in [0.1, 0.15) is 19.8 Å². The van der Waals surface area contributed by atoms with E-state index in [1.54, 1.807) is 0 Å². The van der Waals surface area contributed by atoms with Crippen molar-refractivity contribution >= 4 is 6.09 Å². The van der Waals surface area contributed by atoms with Crippen LogP contribution < -0.4 is 10.6 Å². The second-order valence-corrected chi connectivity index (χ2v) is 2.29. The summed E-state index contributed by atoms with van der Waals surface area (Å²) >= 11 is 0. The fourth-order valence-electron chi connectivity index (χ4n) is 0.747. The molecule has 0 spiro atoms. The zero-order valence-electron chi connectivity index (χ0n) is 6.89. The van der Waals surface area contributed by atoms with Crippen LogP contribution >= 0.6 is 0 Å². The summed E-state index contributed by atoms with van der Waals surface area (Å²) in [4.78, 5) is 9.96. The summed E-state index contributed by atoms with van der Waals surface area (Å²) in [6.45, 7) is 4.56. The Hall–Kier alpha value is -0.770. The molecule has 0 radical (unpaired) electrons. The van der Waals surface area contributed by atoms with Gasteiger partial charge < -0.3 is 15.7 Å². The predicted molar refractivity (Wildman–Crippen MR) is 43.8 cm³/mol. The van der Waals surface area contributed by atoms with Crippen LogP contribution in [0.25, 0.3) is 0 Å². The predicted octanol–water partition coefficient (Wildman–Crippen LogP) is 0.644. The molecule has 0 aromatic rings. The maximum absolute atomic E-state index is 9.96. The number of carboxylic acid groups (broad SMARTS) is 1. The SMILES string of the molecule is CCNCCCCNC(=O)O. The number of unbranched alkanes of at least 4 members (excludes halogenated alkanes) is 1. The van der Waals surface area contributed by atoms with Gasteiger partial charge in [0.25, 0.3) is 0 Å². The van der Waals surface area contributed by atoms with Crippen LogP contribution in [0.2, 0.25) is 0 Å². The monoisotopic (exact) mass is 160 g/mol. The van der Waals surface area contributed by atoms with Crippen molar-refractivity contribution in [1.82, 2.24) is 10.6 Å². The largest absolute Gasteiger partial charge is 0.465 e. The molecule has 0 aliphatic heterocycles. The lowest BCUT2D eigenvalue weighted by Gasteiger charge is -2.01. The van der Waals surface area contributed by atoms with Gasteiger partial charge in [-0.1, -0.05) is 6.92 Å². The first-order valence-electron chi connectivity index (χ1n) is 3.95. The molecular formula is C7H16N2O2. The number of hydrogen-bond donors (Lipinski definition) is 3. The lowest BCUT2D eigenvalue weighted by molar-refractivity contribution is 0.194. The Morgan fingerprint density at radius 3 is 2.55 bits per heavy atom. The van der Waals surface area contributed by atoms with E-state index >= 15 is 0 Å². The maximum atomic E-state index is 9.96. The Bertz CT molecular complexity index is 107. The standard InChI is InChI=1S/C7H16N2O2/c1-2-8-5-3-4-6-9-7(10)11/h8-9H,2-6H2,1H3,(H,10,11). The van der Waals surface area contributed by atoms with E-state index in [4.69, 9.17) is 5.11 Å². The first-order valence-corrected chi connectivity index (χ1v) is 3.95. The van der Waals surface area contributed by atoms with Gasteiger partial charge in [-0.2, -0.15) is 0 Å². The van der Waals surface area contributed by atoms with Crippen molar-refractivity contribution in [2.75, 3.05) is 19.6 Å². The summed E-state index contributed by atoms with van der Waals surface area (Å²) in [7, 11) is 0. The molecule has 0 fully saturated rings. The first-order chi connectivity index (χ1) is 5.27. The lowest BCUT2D eigenvalue weighted by Crippen LogP contribution is -2.23. The molecule has 0 bridgehead atoms. The molecular weight excluding hydrogens is 144 g/mol. The number of nitrogens with one attached hydrogen (secondary N) is 2. The zero-order chi connectivity index (χ0) is 8.53. The minimum Gasteiger partial charge on any atom is -0.465 e. The lowest BCUT2D eigenvalue weighted by atomic mass is 10.3. The Morgan fingerprint density at radius 2 is 2.00 bits per heavy atom. The first kappa shape index (κ1) is 10.2. The van der Waals surface area contributed by atoms with Gasteiger partial charge in [-0.15, -0.1) is 0 Å². The molecule has 0 rings (SSSR count). The van der Waals surface area contributed by atoms with E-state index in [9.17, 15) is 4.79 Å². The van der Waals surface area contributed by atoms with Crippen LogP contribution in [0.3, 0.4) is 0 Å². The zero-order valence-corrected chi connectivity index (χ0v) is 6.89. The van der Waals surface area contributed by atoms with Crippen molar-refractivity contribution in [2.45, 2.75) is 19.8 Å². The highest BCUT2D eigenvalue weighted by Crippen LogP contribution is 1.83. The number of carbonyl (C=O) groups is 1. The maximum Gasteiger partial charge on any atom is 0.404 e. The number of rotatable bonds is 6. The average molecular weight is 160 g/mol. The molecule has 4 heteroatoms. The minimum atomic E-state index is -0.937. The summed E-state index contributed by atoms with van der Waals surface area (Å²) in [6, 6.07) is 0. The molecule has 0 saturated carbocycles. The Balaban J connectivity index is 2.85. The molecule has 11 heavy (non-hydrogen) atoms. The molecule has 0 heterocycles. The van der Waals surface area contributed by atoms with Gasteiger partial charge in [0.2, 0.25) is 0 Å². The Kier molecular flexibility index (Phi) is 6.82. The molecule has 0 aliphatic carbocycles. The van der Waals surface area contributed by atoms with Crippen molar-refractivity contribution < 1.29 is 9.90 Å². The van der Waals surface area contributed by atoms with Gasteiger partial charge in [0, 0.05) is 6.54 Å². The molecule has 0 atom stereocenters. The van der Waals surface area contributed by atoms with E-state index in [1.807, 2.05) is 0 Å². The van der Waals surface area contributed by atoms with Crippen LogP contribution in [0.5, 0.6) is 0 Å². The van der Waals surface area contributed by atoms with E-state index < -0.39 is 6.09 Å². The highest BCUT2D eigenvalue weighted by atomic mass is 16.4. The highest BCUT2D eigenvalue weighted by Gasteiger charge is 1.91. The summed E-state index contributed by atoms with van der Waals surface area (Å²) < 4.78 is 0. The second-order valence-electron chi connectivity index (χ2n) is 2.29. The third kappa shape index (κ3) is 9.23. The highest BCUT2D eigenvalue weighted by molar-refractivity contribution is 5.64. The third-order valence-electron chi connectivity index (χ3n) is 1.31. The molecule has 0 aromatic carbocycles. The Labute approximate surface area is 67.0 Å². The van der Waals surface area contributed by atoms with E-state index in [-0.39, 0.29) is 0 Å². The van der Waals surface area contributed by atoms with Gasteiger partial charge in [0.1, 0.15) is 0 Å². The van der Waals surface area contributed by atoms with Crippen LogP contribution in [0, 0.1) is 0 Å². The van der Waals surface area contributed by atoms with Gasteiger partial charge >= 0.3 is 6.09 Å². The van der Waals surface area contributed by atoms with E-state index in [1.165, 1.54) is 0 Å². The average Bonchev–Trinajstić information content (AvgIpc) is 1.96. The van der Waals surface area contributed by atoms with Crippen LogP contribution in [0.4, 0.5) is 4.79 Å². The fraction of sp³-hybridized carbons (Fsp3) is 0.857. The molecule has 0 aliphatic rings. The smallest absolute Gasteiger partial charge is 0.404 e. The van der Waals surface area contributed by atoms with Crippen molar-refractivity contribution in [2.24, 2.45) is 0 Å². The summed E-state index contributed by atoms with van der Waals surface area (Å²) in [5.41, 5.74) is 0. The van der Waals surface area contributed by atoms with Crippen molar-refractivity contribution in [3.63, 3.8) is 0 Å². The summed E-state index contributed by atoms with van der Waals surface area (Å²) in [5, 5.41) is 13.7. The van der Waals surface area contributed by atoms with Gasteiger partial charge in [-0.3, -0.25) is 0 Å². The fourth-order valence-corrected chi connectivity index (χ4v) is 0.747. The van der Waals surface area contributed by atoms with Gasteiger partial charge in [-0.05, 0) is 25.9 Å². The van der Waals surface area contributed by atoms with Gasteiger partial charge in [-0.25, -0.2) is 4.79 Å². The van der Waals surface area contributed by atoms with Crippen LogP contribution in [-0.4, -0.2) is 30.8 Å². The van der Waals surface area contributed by atoms with Gasteiger partial charge in [0.05, 0.1) is 0 Å². The number of hydrogen-bond acceptors (Lipinski definition) is 2. The van der Waals surface area contributed by atoms with Crippen molar-refractivity contribution in [3.8, 4) is 0 Å². The molecule has 0 aromatic heterocycles. The van der Waals surface area contributed by atoms with Crippen molar-refractivity contribution in [1.29, 1.82) is 0 Å². The molecule has 4 nitrogen and oxygen atoms in total. The molecule has 66 valence electrons. The normalized spacial score (nSPS) is 9.55. The van der Waals surface area contributed by atoms with Crippen LogP contribution in [0.15, 0.2) is 0 Å². The molecule has 1 amide bonds. The minimum absolute atomic E-state index is 0.556. The summed E-state index contributed by atoms with van der Waals surface area (Å²) in [5.74, 6) is 0. The quantitative estimate of drug-likeness (QED) is 0.500. The second kappa shape index (κ2) is 7.34. The van der Waals surface area contributed by atoms with E-state index in [0.29, 0.717) is 6.54 Å². The van der Waals surface area contributed by atoms with Crippen LogP contribution in [-0.2, 0) is 0 Å². The molecule has 3 N–H and O–H groups in total. The number of amides is 1. The third-order valence-corrected chi connectivity index (χ3v) is 1.31.